The molecule has 92 valence electrons. The van der Waals surface area contributed by atoms with Crippen LogP contribution in [0.15, 0.2) is 30.3 Å². The molecule has 4 heteroatoms. The zero-order chi connectivity index (χ0) is 13.3. The van der Waals surface area contributed by atoms with Crippen LogP contribution in [0.3, 0.4) is 0 Å². The molecule has 0 aliphatic carbocycles. The van der Waals surface area contributed by atoms with E-state index in [0.29, 0.717) is 11.4 Å². The maximum atomic E-state index is 11.0. The van der Waals surface area contributed by atoms with Crippen molar-refractivity contribution in [2.75, 3.05) is 0 Å². The number of carboxylic acid groups (broad SMARTS) is 1. The van der Waals surface area contributed by atoms with E-state index in [1.54, 1.807) is 25.1 Å². The SMILES string of the molecule is Cc1cc(C(=O)O)cc(-c2ccc(O)cc2C)n1. The minimum atomic E-state index is -0.974. The maximum Gasteiger partial charge on any atom is 0.335 e. The minimum absolute atomic E-state index is 0.183. The molecule has 0 saturated heterocycles. The number of hydrogen-bond acceptors (Lipinski definition) is 3. The summed E-state index contributed by atoms with van der Waals surface area (Å²) in [6, 6.07) is 7.99. The fourth-order valence-corrected chi connectivity index (χ4v) is 1.87. The van der Waals surface area contributed by atoms with Crippen LogP contribution in [-0.2, 0) is 0 Å². The third kappa shape index (κ3) is 2.32. The number of benzene rings is 1. The molecule has 2 aromatic rings. The standard InChI is InChI=1S/C14H13NO3/c1-8-5-11(16)3-4-12(8)13-7-10(14(17)18)6-9(2)15-13/h3-7,16H,1-2H3,(H,17,18). The number of phenolic OH excluding ortho intramolecular Hbond substituents is 1. The molecule has 0 saturated carbocycles. The Hall–Kier alpha value is -2.36. The van der Waals surface area contributed by atoms with E-state index in [0.717, 1.165) is 11.1 Å². The van der Waals surface area contributed by atoms with Crippen molar-refractivity contribution < 1.29 is 15.0 Å². The number of aromatic hydroxyl groups is 1. The van der Waals surface area contributed by atoms with Crippen LogP contribution in [0.2, 0.25) is 0 Å². The third-order valence-corrected chi connectivity index (χ3v) is 2.69. The fourth-order valence-electron chi connectivity index (χ4n) is 1.87. The second-order valence-electron chi connectivity index (χ2n) is 4.19. The van der Waals surface area contributed by atoms with Crippen LogP contribution in [0.5, 0.6) is 5.75 Å². The number of nitrogens with zero attached hydrogens (tertiary/aromatic N) is 1. The van der Waals surface area contributed by atoms with Crippen LogP contribution in [0, 0.1) is 13.8 Å². The molecule has 0 amide bonds. The molecule has 0 spiro atoms. The van der Waals surface area contributed by atoms with E-state index in [4.69, 9.17) is 5.11 Å². The summed E-state index contributed by atoms with van der Waals surface area (Å²) in [4.78, 5) is 15.3. The van der Waals surface area contributed by atoms with Gasteiger partial charge in [0, 0.05) is 11.3 Å². The van der Waals surface area contributed by atoms with Crippen molar-refractivity contribution in [1.82, 2.24) is 4.98 Å². The summed E-state index contributed by atoms with van der Waals surface area (Å²) in [5, 5.41) is 18.4. The number of aromatic carboxylic acids is 1. The molecule has 0 aliphatic rings. The number of rotatable bonds is 2. The van der Waals surface area contributed by atoms with Crippen molar-refractivity contribution in [3.8, 4) is 17.0 Å². The van der Waals surface area contributed by atoms with Crippen molar-refractivity contribution in [2.24, 2.45) is 0 Å². The Kier molecular flexibility index (Phi) is 3.02. The van der Waals surface area contributed by atoms with Crippen LogP contribution >= 0.6 is 0 Å². The number of carboxylic acids is 1. The summed E-state index contributed by atoms with van der Waals surface area (Å²) in [7, 11) is 0. The monoisotopic (exact) mass is 243 g/mol. The van der Waals surface area contributed by atoms with Crippen molar-refractivity contribution >= 4 is 5.97 Å². The lowest BCUT2D eigenvalue weighted by Gasteiger charge is -2.08. The number of hydrogen-bond donors (Lipinski definition) is 2. The van der Waals surface area contributed by atoms with Gasteiger partial charge in [0.15, 0.2) is 0 Å². The van der Waals surface area contributed by atoms with Gasteiger partial charge in [-0.25, -0.2) is 4.79 Å². The van der Waals surface area contributed by atoms with E-state index in [1.165, 1.54) is 12.1 Å². The highest BCUT2D eigenvalue weighted by Gasteiger charge is 2.10. The summed E-state index contributed by atoms with van der Waals surface area (Å²) in [6.45, 7) is 3.60. The van der Waals surface area contributed by atoms with Gasteiger partial charge in [-0.15, -0.1) is 0 Å². The van der Waals surface area contributed by atoms with E-state index in [1.807, 2.05) is 6.92 Å². The molecule has 18 heavy (non-hydrogen) atoms. The molecule has 2 N–H and O–H groups in total. The number of aromatic nitrogens is 1. The Bertz CT molecular complexity index is 620. The van der Waals surface area contributed by atoms with E-state index in [2.05, 4.69) is 4.98 Å². The van der Waals surface area contributed by atoms with Gasteiger partial charge in [0.1, 0.15) is 5.75 Å². The van der Waals surface area contributed by atoms with E-state index in [9.17, 15) is 9.90 Å². The first-order chi connectivity index (χ1) is 8.47. The Balaban J connectivity index is 2.60. The van der Waals surface area contributed by atoms with Crippen molar-refractivity contribution in [3.63, 3.8) is 0 Å². The molecule has 0 atom stereocenters. The highest BCUT2D eigenvalue weighted by molar-refractivity contribution is 5.89. The first-order valence-corrected chi connectivity index (χ1v) is 5.49. The molecular weight excluding hydrogens is 230 g/mol. The van der Waals surface area contributed by atoms with Crippen molar-refractivity contribution in [2.45, 2.75) is 13.8 Å². The second kappa shape index (κ2) is 4.49. The predicted molar refractivity (Wildman–Crippen MR) is 67.8 cm³/mol. The van der Waals surface area contributed by atoms with Gasteiger partial charge < -0.3 is 10.2 Å². The average molecular weight is 243 g/mol. The van der Waals surface area contributed by atoms with E-state index in [-0.39, 0.29) is 11.3 Å². The van der Waals surface area contributed by atoms with Gasteiger partial charge in [-0.2, -0.15) is 0 Å². The highest BCUT2D eigenvalue weighted by Crippen LogP contribution is 2.26. The molecule has 4 nitrogen and oxygen atoms in total. The van der Waals surface area contributed by atoms with Gasteiger partial charge in [0.2, 0.25) is 0 Å². The van der Waals surface area contributed by atoms with Gasteiger partial charge >= 0.3 is 5.97 Å². The molecule has 1 aromatic carbocycles. The molecule has 0 fully saturated rings. The normalized spacial score (nSPS) is 10.3. The summed E-state index contributed by atoms with van der Waals surface area (Å²) in [5.41, 5.74) is 3.13. The Morgan fingerprint density at radius 3 is 2.50 bits per heavy atom. The lowest BCUT2D eigenvalue weighted by molar-refractivity contribution is 0.0696. The van der Waals surface area contributed by atoms with Gasteiger partial charge in [0.05, 0.1) is 11.3 Å². The van der Waals surface area contributed by atoms with Crippen molar-refractivity contribution in [3.05, 3.63) is 47.2 Å². The molecule has 1 heterocycles. The first kappa shape index (κ1) is 12.1. The summed E-state index contributed by atoms with van der Waals surface area (Å²) < 4.78 is 0. The van der Waals surface area contributed by atoms with Crippen LogP contribution in [0.4, 0.5) is 0 Å². The summed E-state index contributed by atoms with van der Waals surface area (Å²) >= 11 is 0. The van der Waals surface area contributed by atoms with Gasteiger partial charge in [-0.3, -0.25) is 4.98 Å². The molecule has 2 rings (SSSR count). The maximum absolute atomic E-state index is 11.0. The summed E-state index contributed by atoms with van der Waals surface area (Å²) in [5.74, 6) is -0.791. The van der Waals surface area contributed by atoms with Crippen molar-refractivity contribution in [1.29, 1.82) is 0 Å². The second-order valence-corrected chi connectivity index (χ2v) is 4.19. The Morgan fingerprint density at radius 1 is 1.17 bits per heavy atom. The van der Waals surface area contributed by atoms with Crippen LogP contribution in [-0.4, -0.2) is 21.2 Å². The molecular formula is C14H13NO3. The van der Waals surface area contributed by atoms with E-state index >= 15 is 0 Å². The average Bonchev–Trinajstić information content (AvgIpc) is 2.27. The number of pyridine rings is 1. The fraction of sp³-hybridized carbons (Fsp3) is 0.143. The molecule has 0 bridgehead atoms. The first-order valence-electron chi connectivity index (χ1n) is 5.49. The smallest absolute Gasteiger partial charge is 0.335 e. The number of phenols is 1. The Morgan fingerprint density at radius 2 is 1.89 bits per heavy atom. The molecule has 0 aliphatic heterocycles. The molecule has 1 aromatic heterocycles. The minimum Gasteiger partial charge on any atom is -0.508 e. The molecule has 0 unspecified atom stereocenters. The van der Waals surface area contributed by atoms with Crippen LogP contribution < -0.4 is 0 Å². The largest absolute Gasteiger partial charge is 0.508 e. The lowest BCUT2D eigenvalue weighted by Crippen LogP contribution is -2.00. The zero-order valence-electron chi connectivity index (χ0n) is 10.1. The predicted octanol–water partition coefficient (Wildman–Crippen LogP) is 2.77. The third-order valence-electron chi connectivity index (χ3n) is 2.69. The zero-order valence-corrected chi connectivity index (χ0v) is 10.1. The lowest BCUT2D eigenvalue weighted by atomic mass is 10.0. The van der Waals surface area contributed by atoms with Gasteiger partial charge in [0.25, 0.3) is 0 Å². The van der Waals surface area contributed by atoms with Gasteiger partial charge in [-0.1, -0.05) is 0 Å². The van der Waals surface area contributed by atoms with Crippen LogP contribution in [0.1, 0.15) is 21.6 Å². The van der Waals surface area contributed by atoms with Crippen LogP contribution in [0.25, 0.3) is 11.3 Å². The summed E-state index contributed by atoms with van der Waals surface area (Å²) in [6.07, 6.45) is 0. The Labute approximate surface area is 105 Å². The molecule has 0 radical (unpaired) electrons. The van der Waals surface area contributed by atoms with E-state index < -0.39 is 5.97 Å². The highest BCUT2D eigenvalue weighted by atomic mass is 16.4. The quantitative estimate of drug-likeness (QED) is 0.850. The van der Waals surface area contributed by atoms with Gasteiger partial charge in [-0.05, 0) is 49.7 Å². The number of aryl methyl sites for hydroxylation is 2. The topological polar surface area (TPSA) is 70.4 Å². The number of carbonyl (C=O) groups is 1.